The Balaban J connectivity index is 2.82. The highest BCUT2D eigenvalue weighted by atomic mass is 16.7. The van der Waals surface area contributed by atoms with Crippen molar-refractivity contribution in [1.82, 2.24) is 9.13 Å². The lowest BCUT2D eigenvalue weighted by Gasteiger charge is -2.02. The van der Waals surface area contributed by atoms with E-state index in [1.807, 2.05) is 0 Å². The number of hydrogen-bond donors (Lipinski definition) is 0. The monoisotopic (exact) mass is 389 g/mol. The Morgan fingerprint density at radius 1 is 0.821 bits per heavy atom. The number of nitrogens with zero attached hydrogens (tertiary/aromatic N) is 5. The van der Waals surface area contributed by atoms with Crippen molar-refractivity contribution in [1.29, 1.82) is 0 Å². The molecule has 0 saturated heterocycles. The van der Waals surface area contributed by atoms with Gasteiger partial charge in [-0.05, 0) is 39.8 Å². The zero-order valence-electron chi connectivity index (χ0n) is 16.0. The van der Waals surface area contributed by atoms with Gasteiger partial charge in [0.25, 0.3) is 0 Å². The first-order valence-corrected chi connectivity index (χ1v) is 8.06. The fourth-order valence-corrected chi connectivity index (χ4v) is 2.09. The van der Waals surface area contributed by atoms with E-state index in [1.54, 1.807) is 39.8 Å². The molecule has 0 radical (unpaired) electrons. The molecule has 0 aliphatic carbocycles. The third-order valence-electron chi connectivity index (χ3n) is 3.11. The van der Waals surface area contributed by atoms with Crippen LogP contribution in [0, 0.1) is 0 Å². The largest absolute Gasteiger partial charge is 0.451 e. The summed E-state index contributed by atoms with van der Waals surface area (Å²) in [6.07, 6.45) is -3.01. The number of ether oxygens (including phenoxy) is 1. The summed E-state index contributed by atoms with van der Waals surface area (Å²) >= 11 is 0. The smallest absolute Gasteiger partial charge is 0.447 e. The molecule has 0 atom stereocenters. The number of rotatable bonds is 2. The van der Waals surface area contributed by atoms with Gasteiger partial charge in [0.05, 0.1) is 29.6 Å². The predicted molar refractivity (Wildman–Crippen MR) is 99.2 cm³/mol. The molecule has 1 aromatic carbocycles. The molecule has 2 aromatic rings. The lowest BCUT2D eigenvalue weighted by atomic mass is 10.3. The lowest BCUT2D eigenvalue weighted by molar-refractivity contribution is 0.147. The van der Waals surface area contributed by atoms with Gasteiger partial charge in [0.2, 0.25) is 5.62 Å². The molecule has 28 heavy (non-hydrogen) atoms. The number of fused-ring (bicyclic) bond motifs is 1. The molecule has 0 spiro atoms. The highest BCUT2D eigenvalue weighted by Crippen LogP contribution is 2.14. The molecule has 0 aliphatic rings. The Morgan fingerprint density at radius 2 is 1.25 bits per heavy atom. The minimum absolute atomic E-state index is 0.230. The van der Waals surface area contributed by atoms with Gasteiger partial charge in [-0.2, -0.15) is 0 Å². The minimum atomic E-state index is -1.04. The third kappa shape index (κ3) is 4.50. The van der Waals surface area contributed by atoms with Crippen molar-refractivity contribution in [2.24, 2.45) is 15.3 Å². The van der Waals surface area contributed by atoms with Crippen LogP contribution in [-0.4, -0.2) is 45.9 Å². The fourth-order valence-electron chi connectivity index (χ4n) is 2.09. The van der Waals surface area contributed by atoms with E-state index in [4.69, 9.17) is 9.68 Å². The van der Waals surface area contributed by atoms with Crippen LogP contribution in [0.3, 0.4) is 0 Å². The van der Waals surface area contributed by atoms with Crippen LogP contribution >= 0.6 is 0 Å². The third-order valence-corrected chi connectivity index (χ3v) is 3.11. The summed E-state index contributed by atoms with van der Waals surface area (Å²) in [5.74, 6) is 0. The van der Waals surface area contributed by atoms with Gasteiger partial charge in [0.15, 0.2) is 0 Å². The average molecular weight is 389 g/mol. The summed E-state index contributed by atoms with van der Waals surface area (Å²) < 4.78 is 6.33. The summed E-state index contributed by atoms with van der Waals surface area (Å²) in [6, 6.07) is 6.33. The Bertz CT molecular complexity index is 980. The van der Waals surface area contributed by atoms with Crippen molar-refractivity contribution < 1.29 is 28.8 Å². The number of imidazole rings is 1. The summed E-state index contributed by atoms with van der Waals surface area (Å²) in [5, 5.41) is 7.21. The zero-order chi connectivity index (χ0) is 20.8. The van der Waals surface area contributed by atoms with Crippen molar-refractivity contribution in [2.45, 2.75) is 27.7 Å². The molecular weight excluding hydrogens is 370 g/mol. The van der Waals surface area contributed by atoms with Crippen molar-refractivity contribution in [2.75, 3.05) is 7.11 Å². The van der Waals surface area contributed by atoms with Crippen molar-refractivity contribution >= 4 is 40.7 Å². The molecule has 0 aliphatic heterocycles. The highest BCUT2D eigenvalue weighted by Gasteiger charge is 2.24. The van der Waals surface area contributed by atoms with Crippen LogP contribution in [0.5, 0.6) is 0 Å². The number of benzene rings is 1. The highest BCUT2D eigenvalue weighted by molar-refractivity contribution is 5.93. The average Bonchev–Trinajstić information content (AvgIpc) is 2.97. The van der Waals surface area contributed by atoms with Gasteiger partial charge in [0, 0.05) is 0 Å². The Kier molecular flexibility index (Phi) is 6.42. The van der Waals surface area contributed by atoms with Crippen molar-refractivity contribution in [3.8, 4) is 0 Å². The maximum absolute atomic E-state index is 12.6. The summed E-state index contributed by atoms with van der Waals surface area (Å²) in [6.45, 7) is 6.51. The molecule has 11 heteroatoms. The first kappa shape index (κ1) is 20.6. The van der Waals surface area contributed by atoms with Gasteiger partial charge < -0.3 is 4.74 Å². The maximum atomic E-state index is 12.6. The molecule has 0 bridgehead atoms. The molecule has 0 fully saturated rings. The first-order valence-electron chi connectivity index (χ1n) is 8.06. The van der Waals surface area contributed by atoms with Gasteiger partial charge in [-0.3, -0.25) is 9.68 Å². The van der Waals surface area contributed by atoms with E-state index in [2.05, 4.69) is 20.0 Å². The van der Waals surface area contributed by atoms with E-state index in [-0.39, 0.29) is 11.0 Å². The molecule has 11 nitrogen and oxygen atoms in total. The number of oxime groups is 2. The van der Waals surface area contributed by atoms with E-state index in [0.717, 1.165) is 16.2 Å². The standard InChI is InChI=1S/C17H19N5O6/c1-10(2)19-27-16(24)21-12-8-6-7-9-13(12)22(14(21)18-15(23)26-5)17(25)28-20-11(3)4/h6-9H,1-5H3. The molecule has 0 unspecified atom stereocenters. The number of carbonyl (C=O) groups excluding carboxylic acids is 3. The van der Waals surface area contributed by atoms with Gasteiger partial charge in [-0.15, -0.1) is 4.99 Å². The summed E-state index contributed by atoms with van der Waals surface area (Å²) in [7, 11) is 1.11. The van der Waals surface area contributed by atoms with Crippen LogP contribution in [0.15, 0.2) is 39.6 Å². The predicted octanol–water partition coefficient (Wildman–Crippen LogP) is 2.87. The van der Waals surface area contributed by atoms with Crippen LogP contribution < -0.4 is 5.62 Å². The number of methoxy groups -OCH3 is 1. The number of hydrogen-bond acceptors (Lipinski definition) is 8. The van der Waals surface area contributed by atoms with Gasteiger partial charge >= 0.3 is 18.3 Å². The van der Waals surface area contributed by atoms with Crippen LogP contribution in [0.4, 0.5) is 14.4 Å². The van der Waals surface area contributed by atoms with E-state index >= 15 is 0 Å². The van der Waals surface area contributed by atoms with Crippen LogP contribution in [0.1, 0.15) is 27.7 Å². The second kappa shape index (κ2) is 8.75. The summed E-state index contributed by atoms with van der Waals surface area (Å²) in [4.78, 5) is 50.3. The molecule has 0 N–H and O–H groups in total. The molecule has 148 valence electrons. The van der Waals surface area contributed by atoms with Crippen molar-refractivity contribution in [3.63, 3.8) is 0 Å². The van der Waals surface area contributed by atoms with Crippen LogP contribution in [0.2, 0.25) is 0 Å². The molecular formula is C17H19N5O6. The summed E-state index contributed by atoms with van der Waals surface area (Å²) in [5.41, 5.74) is 1.03. The van der Waals surface area contributed by atoms with E-state index < -0.39 is 23.9 Å². The van der Waals surface area contributed by atoms with Gasteiger partial charge in [-0.25, -0.2) is 23.5 Å². The SMILES string of the molecule is COC(=O)N=c1n(C(=O)ON=C(C)C)c2ccccc2n1C(=O)ON=C(C)C. The molecule has 1 amide bonds. The molecule has 0 saturated carbocycles. The minimum Gasteiger partial charge on any atom is -0.451 e. The maximum Gasteiger partial charge on any atom is 0.447 e. The van der Waals surface area contributed by atoms with Gasteiger partial charge in [-0.1, -0.05) is 22.4 Å². The van der Waals surface area contributed by atoms with Crippen LogP contribution in [-0.2, 0) is 14.4 Å². The van der Waals surface area contributed by atoms with E-state index in [1.165, 1.54) is 12.1 Å². The fraction of sp³-hybridized carbons (Fsp3) is 0.294. The van der Waals surface area contributed by atoms with E-state index in [9.17, 15) is 14.4 Å². The lowest BCUT2D eigenvalue weighted by Crippen LogP contribution is -2.35. The number of para-hydroxylation sites is 2. The normalized spacial score (nSPS) is 10.0. The number of aromatic nitrogens is 2. The van der Waals surface area contributed by atoms with E-state index in [0.29, 0.717) is 11.4 Å². The second-order valence-electron chi connectivity index (χ2n) is 5.83. The van der Waals surface area contributed by atoms with Gasteiger partial charge in [0.1, 0.15) is 0 Å². The first-order chi connectivity index (χ1) is 13.3. The molecule has 1 aromatic heterocycles. The molecule has 2 rings (SSSR count). The number of amides is 1. The van der Waals surface area contributed by atoms with Crippen LogP contribution in [0.25, 0.3) is 11.0 Å². The molecule has 1 heterocycles. The zero-order valence-corrected chi connectivity index (χ0v) is 16.0. The number of carbonyl (C=O) groups is 3. The Labute approximate surface area is 159 Å². The Morgan fingerprint density at radius 3 is 1.61 bits per heavy atom. The second-order valence-corrected chi connectivity index (χ2v) is 5.83. The Hall–Kier alpha value is -3.76. The topological polar surface area (TPSA) is 126 Å². The quantitative estimate of drug-likeness (QED) is 0.442. The van der Waals surface area contributed by atoms with Crippen molar-refractivity contribution in [3.05, 3.63) is 29.9 Å².